The molecule has 0 saturated heterocycles. The van der Waals surface area contributed by atoms with Gasteiger partial charge in [0.25, 0.3) is 5.56 Å². The summed E-state index contributed by atoms with van der Waals surface area (Å²) in [6.45, 7) is 3.93. The monoisotopic (exact) mass is 402 g/mol. The molecule has 1 aliphatic heterocycles. The Bertz CT molecular complexity index is 993. The Balaban J connectivity index is 2.27. The fourth-order valence-corrected chi connectivity index (χ4v) is 3.59. The number of carbonyl (C=O) groups is 1. The first kappa shape index (κ1) is 20.0. The van der Waals surface area contributed by atoms with E-state index in [4.69, 9.17) is 26.8 Å². The second-order valence-electron chi connectivity index (χ2n) is 6.61. The maximum atomic E-state index is 13.2. The van der Waals surface area contributed by atoms with Gasteiger partial charge >= 0.3 is 5.97 Å². The van der Waals surface area contributed by atoms with Gasteiger partial charge in [0.05, 0.1) is 18.1 Å². The number of hydrogen-bond donors (Lipinski definition) is 1. The average Bonchev–Trinajstić information content (AvgIpc) is 2.66. The van der Waals surface area contributed by atoms with Crippen molar-refractivity contribution in [1.82, 2.24) is 4.57 Å². The molecule has 0 fully saturated rings. The molecule has 0 bridgehead atoms. The minimum atomic E-state index is -0.700. The van der Waals surface area contributed by atoms with E-state index in [0.717, 1.165) is 18.5 Å². The number of benzene rings is 1. The van der Waals surface area contributed by atoms with Crippen LogP contribution in [-0.4, -0.2) is 17.1 Å². The van der Waals surface area contributed by atoms with Crippen LogP contribution >= 0.6 is 11.6 Å². The highest BCUT2D eigenvalue weighted by atomic mass is 35.5. The van der Waals surface area contributed by atoms with Gasteiger partial charge in [0.2, 0.25) is 5.88 Å². The molecule has 0 spiro atoms. The highest BCUT2D eigenvalue weighted by Crippen LogP contribution is 2.41. The number of aromatic nitrogens is 1. The van der Waals surface area contributed by atoms with Gasteiger partial charge in [0.15, 0.2) is 0 Å². The van der Waals surface area contributed by atoms with E-state index in [1.54, 1.807) is 42.8 Å². The van der Waals surface area contributed by atoms with Crippen molar-refractivity contribution in [3.8, 4) is 5.75 Å². The summed E-state index contributed by atoms with van der Waals surface area (Å²) in [6, 6.07) is 8.78. The Morgan fingerprint density at radius 2 is 1.96 bits per heavy atom. The number of esters is 1. The first-order valence-corrected chi connectivity index (χ1v) is 9.59. The Labute approximate surface area is 168 Å². The molecule has 0 saturated carbocycles. The highest BCUT2D eigenvalue weighted by molar-refractivity contribution is 6.30. The predicted molar refractivity (Wildman–Crippen MR) is 107 cm³/mol. The van der Waals surface area contributed by atoms with Crippen LogP contribution in [0.15, 0.2) is 46.6 Å². The zero-order valence-electron chi connectivity index (χ0n) is 16.1. The molecule has 2 aromatic rings. The Kier molecular flexibility index (Phi) is 5.79. The number of aryl methyl sites for hydroxylation is 1. The third-order valence-electron chi connectivity index (χ3n) is 4.80. The van der Waals surface area contributed by atoms with Crippen LogP contribution < -0.4 is 16.0 Å². The van der Waals surface area contributed by atoms with E-state index >= 15 is 0 Å². The Morgan fingerprint density at radius 3 is 2.57 bits per heavy atom. The number of ether oxygens (including phenoxy) is 2. The molecule has 0 radical (unpaired) electrons. The highest BCUT2D eigenvalue weighted by Gasteiger charge is 2.38. The molecule has 148 valence electrons. The molecule has 6 nitrogen and oxygen atoms in total. The second-order valence-corrected chi connectivity index (χ2v) is 7.05. The van der Waals surface area contributed by atoms with E-state index < -0.39 is 11.9 Å². The van der Waals surface area contributed by atoms with Crippen LogP contribution in [0.2, 0.25) is 5.02 Å². The number of pyridine rings is 1. The summed E-state index contributed by atoms with van der Waals surface area (Å²) < 4.78 is 12.5. The van der Waals surface area contributed by atoms with Gasteiger partial charge < -0.3 is 19.8 Å². The molecule has 2 N–H and O–H groups in total. The van der Waals surface area contributed by atoms with Gasteiger partial charge in [-0.1, -0.05) is 37.1 Å². The smallest absolute Gasteiger partial charge is 0.340 e. The van der Waals surface area contributed by atoms with Crippen molar-refractivity contribution in [2.75, 3.05) is 6.61 Å². The topological polar surface area (TPSA) is 83.5 Å². The van der Waals surface area contributed by atoms with Crippen molar-refractivity contribution in [2.45, 2.75) is 32.6 Å². The third-order valence-corrected chi connectivity index (χ3v) is 5.05. The van der Waals surface area contributed by atoms with E-state index in [2.05, 4.69) is 0 Å². The van der Waals surface area contributed by atoms with Crippen molar-refractivity contribution in [3.63, 3.8) is 0 Å². The number of fused-ring (bicyclic) bond motifs is 1. The summed E-state index contributed by atoms with van der Waals surface area (Å²) in [7, 11) is 1.72. The lowest BCUT2D eigenvalue weighted by atomic mass is 9.83. The van der Waals surface area contributed by atoms with Crippen molar-refractivity contribution in [2.24, 2.45) is 12.8 Å². The van der Waals surface area contributed by atoms with Gasteiger partial charge in [-0.2, -0.15) is 0 Å². The van der Waals surface area contributed by atoms with Crippen LogP contribution in [-0.2, 0) is 23.0 Å². The van der Waals surface area contributed by atoms with Crippen LogP contribution in [0.3, 0.4) is 0 Å². The summed E-state index contributed by atoms with van der Waals surface area (Å²) >= 11 is 6.02. The Hall–Kier alpha value is -2.73. The fourth-order valence-electron chi connectivity index (χ4n) is 3.46. The van der Waals surface area contributed by atoms with Gasteiger partial charge in [0, 0.05) is 23.8 Å². The van der Waals surface area contributed by atoms with E-state index in [-0.39, 0.29) is 23.6 Å². The van der Waals surface area contributed by atoms with Gasteiger partial charge in [-0.25, -0.2) is 4.79 Å². The maximum Gasteiger partial charge on any atom is 0.340 e. The molecule has 0 aliphatic carbocycles. The van der Waals surface area contributed by atoms with Gasteiger partial charge in [-0.15, -0.1) is 0 Å². The molecular formula is C21H23ClN2O4. The maximum absolute atomic E-state index is 13.2. The van der Waals surface area contributed by atoms with Crippen LogP contribution in [0.1, 0.15) is 43.0 Å². The molecule has 0 amide bonds. The van der Waals surface area contributed by atoms with Crippen molar-refractivity contribution in [3.05, 3.63) is 74.0 Å². The lowest BCUT2D eigenvalue weighted by molar-refractivity contribution is -0.139. The second kappa shape index (κ2) is 8.10. The number of rotatable bonds is 5. The van der Waals surface area contributed by atoms with Crippen LogP contribution in [0.5, 0.6) is 5.75 Å². The average molecular weight is 403 g/mol. The molecule has 1 aliphatic rings. The van der Waals surface area contributed by atoms with E-state index in [1.165, 1.54) is 0 Å². The summed E-state index contributed by atoms with van der Waals surface area (Å²) in [5.41, 5.74) is 7.92. The standard InChI is InChI=1S/C21H23ClN2O4/c1-4-6-14-11-15-17(20(25)24(14)3)16(12-7-9-13(22)10-8-12)18(19(23)28-15)21(26)27-5-2/h7-11,16H,4-6,23H2,1-3H3. The van der Waals surface area contributed by atoms with Crippen LogP contribution in [0, 0.1) is 0 Å². The van der Waals surface area contributed by atoms with Crippen molar-refractivity contribution >= 4 is 17.6 Å². The molecule has 1 atom stereocenters. The number of halogens is 1. The lowest BCUT2D eigenvalue weighted by Gasteiger charge is -2.29. The molecule has 3 rings (SSSR count). The number of hydrogen-bond acceptors (Lipinski definition) is 5. The number of carbonyl (C=O) groups excluding carboxylic acids is 1. The summed E-state index contributed by atoms with van der Waals surface area (Å²) in [5, 5.41) is 0.553. The zero-order valence-corrected chi connectivity index (χ0v) is 16.9. The molecular weight excluding hydrogens is 380 g/mol. The SMILES string of the molecule is CCCc1cc2c(c(=O)n1C)C(c1ccc(Cl)cc1)C(C(=O)OCC)=C(N)O2. The zero-order chi connectivity index (χ0) is 20.4. The first-order chi connectivity index (χ1) is 13.4. The largest absolute Gasteiger partial charge is 0.462 e. The third kappa shape index (κ3) is 3.52. The summed E-state index contributed by atoms with van der Waals surface area (Å²) in [4.78, 5) is 25.9. The van der Waals surface area contributed by atoms with Crippen LogP contribution in [0.4, 0.5) is 0 Å². The summed E-state index contributed by atoms with van der Waals surface area (Å²) in [5.74, 6) is -0.988. The normalized spacial score (nSPS) is 15.8. The van der Waals surface area contributed by atoms with Gasteiger partial charge in [-0.05, 0) is 31.0 Å². The van der Waals surface area contributed by atoms with E-state index in [9.17, 15) is 9.59 Å². The Morgan fingerprint density at radius 1 is 1.29 bits per heavy atom. The first-order valence-electron chi connectivity index (χ1n) is 9.21. The van der Waals surface area contributed by atoms with E-state index in [1.807, 2.05) is 13.0 Å². The number of nitrogens with zero attached hydrogens (tertiary/aromatic N) is 1. The molecule has 1 aromatic heterocycles. The number of nitrogens with two attached hydrogens (primary N) is 1. The van der Waals surface area contributed by atoms with Crippen molar-refractivity contribution in [1.29, 1.82) is 0 Å². The van der Waals surface area contributed by atoms with E-state index in [0.29, 0.717) is 21.9 Å². The van der Waals surface area contributed by atoms with Gasteiger partial charge in [-0.3, -0.25) is 4.79 Å². The predicted octanol–water partition coefficient (Wildman–Crippen LogP) is 3.25. The molecule has 7 heteroatoms. The van der Waals surface area contributed by atoms with Crippen LogP contribution in [0.25, 0.3) is 0 Å². The minimum Gasteiger partial charge on any atom is -0.462 e. The molecule has 28 heavy (non-hydrogen) atoms. The minimum absolute atomic E-state index is 0.0541. The summed E-state index contributed by atoms with van der Waals surface area (Å²) in [6.07, 6.45) is 1.61. The molecule has 2 heterocycles. The lowest BCUT2D eigenvalue weighted by Crippen LogP contribution is -2.34. The fraction of sp³-hybridized carbons (Fsp3) is 0.333. The molecule has 1 aromatic carbocycles. The van der Waals surface area contributed by atoms with Crippen molar-refractivity contribution < 1.29 is 14.3 Å². The molecule has 1 unspecified atom stereocenters. The van der Waals surface area contributed by atoms with Gasteiger partial charge in [0.1, 0.15) is 11.3 Å². The quantitative estimate of drug-likeness (QED) is 0.776.